The number of anilines is 1. The van der Waals surface area contributed by atoms with Crippen LogP contribution in [0, 0.1) is 0 Å². The van der Waals surface area contributed by atoms with Crippen molar-refractivity contribution in [2.45, 2.75) is 12.2 Å². The summed E-state index contributed by atoms with van der Waals surface area (Å²) in [5.74, 6) is 0.151. The fourth-order valence-electron chi connectivity index (χ4n) is 2.12. The first-order valence-corrected chi connectivity index (χ1v) is 8.69. The largest absolute Gasteiger partial charge is 0.325 e. The molecule has 0 aromatic heterocycles. The molecule has 0 saturated carbocycles. The van der Waals surface area contributed by atoms with Crippen LogP contribution in [0.3, 0.4) is 0 Å². The molecule has 0 bridgehead atoms. The Hall–Kier alpha value is -1.79. The minimum atomic E-state index is -0.309. The first-order valence-electron chi connectivity index (χ1n) is 6.83. The molecule has 0 spiro atoms. The molecule has 1 atom stereocenters. The lowest BCUT2D eigenvalue weighted by atomic mass is 10.1. The highest BCUT2D eigenvalue weighted by atomic mass is 32.2. The Balaban J connectivity index is 1.73. The molecule has 6 heteroatoms. The first-order chi connectivity index (χ1) is 10.6. The molecule has 0 aliphatic carbocycles. The Bertz CT molecular complexity index is 768. The quantitative estimate of drug-likeness (QED) is 0.935. The van der Waals surface area contributed by atoms with Gasteiger partial charge in [0.1, 0.15) is 4.38 Å². The molecular formula is C16H14N2O2S2. The SMILES string of the molecule is CC(SC1=NC(=O)CS1)C(=O)Nc1cccc2ccccc12. The summed E-state index contributed by atoms with van der Waals surface area (Å²) in [6, 6.07) is 13.7. The number of hydrogen-bond acceptors (Lipinski definition) is 4. The third-order valence-corrected chi connectivity index (χ3v) is 5.46. The first kappa shape index (κ1) is 15.1. The van der Waals surface area contributed by atoms with Gasteiger partial charge >= 0.3 is 0 Å². The van der Waals surface area contributed by atoms with Crippen molar-refractivity contribution in [2.75, 3.05) is 11.1 Å². The van der Waals surface area contributed by atoms with Crippen molar-refractivity contribution in [3.63, 3.8) is 0 Å². The van der Waals surface area contributed by atoms with Crippen LogP contribution in [0.25, 0.3) is 10.8 Å². The summed E-state index contributed by atoms with van der Waals surface area (Å²) in [6.45, 7) is 1.82. The second-order valence-corrected chi connectivity index (χ2v) is 7.39. The number of nitrogens with zero attached hydrogens (tertiary/aromatic N) is 1. The molecule has 4 nitrogen and oxygen atoms in total. The van der Waals surface area contributed by atoms with E-state index in [1.165, 1.54) is 23.5 Å². The Kier molecular flexibility index (Phi) is 4.49. The Labute approximate surface area is 136 Å². The molecule has 2 amide bonds. The number of carbonyl (C=O) groups is 2. The highest BCUT2D eigenvalue weighted by molar-refractivity contribution is 8.39. The minimum Gasteiger partial charge on any atom is -0.325 e. The number of nitrogens with one attached hydrogen (secondary N) is 1. The molecular weight excluding hydrogens is 316 g/mol. The summed E-state index contributed by atoms with van der Waals surface area (Å²) >= 11 is 2.71. The van der Waals surface area contributed by atoms with Crippen LogP contribution < -0.4 is 5.32 Å². The molecule has 1 unspecified atom stereocenters. The normalized spacial score (nSPS) is 15.7. The Morgan fingerprint density at radius 1 is 1.27 bits per heavy atom. The summed E-state index contributed by atoms with van der Waals surface area (Å²) in [4.78, 5) is 27.4. The number of fused-ring (bicyclic) bond motifs is 1. The fraction of sp³-hybridized carbons (Fsp3) is 0.188. The predicted octanol–water partition coefficient (Wildman–Crippen LogP) is 3.53. The van der Waals surface area contributed by atoms with Gasteiger partial charge in [-0.2, -0.15) is 4.99 Å². The van der Waals surface area contributed by atoms with E-state index in [2.05, 4.69) is 10.3 Å². The molecule has 0 fully saturated rings. The third kappa shape index (κ3) is 3.34. The van der Waals surface area contributed by atoms with Gasteiger partial charge < -0.3 is 5.32 Å². The van der Waals surface area contributed by atoms with E-state index in [-0.39, 0.29) is 17.1 Å². The van der Waals surface area contributed by atoms with Crippen LogP contribution in [0.2, 0.25) is 0 Å². The number of thioether (sulfide) groups is 2. The van der Waals surface area contributed by atoms with E-state index in [0.717, 1.165) is 16.5 Å². The van der Waals surface area contributed by atoms with Gasteiger partial charge in [-0.3, -0.25) is 9.59 Å². The van der Waals surface area contributed by atoms with Gasteiger partial charge in [-0.05, 0) is 18.4 Å². The average molecular weight is 330 g/mol. The second kappa shape index (κ2) is 6.54. The molecule has 1 N–H and O–H groups in total. The van der Waals surface area contributed by atoms with E-state index >= 15 is 0 Å². The van der Waals surface area contributed by atoms with E-state index in [1.54, 1.807) is 0 Å². The molecule has 0 saturated heterocycles. The van der Waals surface area contributed by atoms with Crippen molar-refractivity contribution in [1.29, 1.82) is 0 Å². The van der Waals surface area contributed by atoms with Gasteiger partial charge in [0.2, 0.25) is 5.91 Å². The van der Waals surface area contributed by atoms with Crippen LogP contribution in [0.1, 0.15) is 6.92 Å². The maximum atomic E-state index is 12.3. The Morgan fingerprint density at radius 3 is 2.82 bits per heavy atom. The molecule has 2 aromatic rings. The van der Waals surface area contributed by atoms with Crippen LogP contribution in [0.15, 0.2) is 47.5 Å². The van der Waals surface area contributed by atoms with Crippen LogP contribution in [-0.4, -0.2) is 27.2 Å². The molecule has 0 radical (unpaired) electrons. The van der Waals surface area contributed by atoms with E-state index in [1.807, 2.05) is 49.4 Å². The highest BCUT2D eigenvalue weighted by Gasteiger charge is 2.22. The standard InChI is InChI=1S/C16H14N2O2S2/c1-10(22-16-18-14(19)9-21-16)15(20)17-13-8-4-6-11-5-2-3-7-12(11)13/h2-8,10H,9H2,1H3,(H,17,20). The zero-order chi connectivity index (χ0) is 15.5. The highest BCUT2D eigenvalue weighted by Crippen LogP contribution is 2.28. The van der Waals surface area contributed by atoms with Gasteiger partial charge in [0, 0.05) is 11.1 Å². The van der Waals surface area contributed by atoms with Crippen LogP contribution in [0.4, 0.5) is 5.69 Å². The maximum Gasteiger partial charge on any atom is 0.257 e. The summed E-state index contributed by atoms with van der Waals surface area (Å²) in [7, 11) is 0. The number of benzene rings is 2. The summed E-state index contributed by atoms with van der Waals surface area (Å²) in [5.41, 5.74) is 0.799. The van der Waals surface area contributed by atoms with Gasteiger partial charge in [-0.15, -0.1) is 0 Å². The molecule has 2 aromatic carbocycles. The van der Waals surface area contributed by atoms with Crippen molar-refractivity contribution >= 4 is 56.2 Å². The van der Waals surface area contributed by atoms with E-state index in [4.69, 9.17) is 0 Å². The Morgan fingerprint density at radius 2 is 2.05 bits per heavy atom. The fourth-order valence-corrected chi connectivity index (χ4v) is 4.11. The van der Waals surface area contributed by atoms with Crippen LogP contribution in [0.5, 0.6) is 0 Å². The number of carbonyl (C=O) groups excluding carboxylic acids is 2. The molecule has 22 heavy (non-hydrogen) atoms. The lowest BCUT2D eigenvalue weighted by Crippen LogP contribution is -2.23. The molecule has 1 aliphatic rings. The predicted molar refractivity (Wildman–Crippen MR) is 94.5 cm³/mol. The van der Waals surface area contributed by atoms with Crippen molar-refractivity contribution in [1.82, 2.24) is 0 Å². The van der Waals surface area contributed by atoms with E-state index in [9.17, 15) is 9.59 Å². The number of aliphatic imine (C=N–C) groups is 1. The monoisotopic (exact) mass is 330 g/mol. The van der Waals surface area contributed by atoms with Gasteiger partial charge in [0.05, 0.1) is 11.0 Å². The second-order valence-electron chi connectivity index (χ2n) is 4.84. The number of hydrogen-bond donors (Lipinski definition) is 1. The summed E-state index contributed by atoms with van der Waals surface area (Å²) in [6.07, 6.45) is 0. The summed E-state index contributed by atoms with van der Waals surface area (Å²) < 4.78 is 0.672. The zero-order valence-corrected chi connectivity index (χ0v) is 13.5. The molecule has 3 rings (SSSR count). The lowest BCUT2D eigenvalue weighted by molar-refractivity contribution is -0.116. The van der Waals surface area contributed by atoms with Crippen LogP contribution >= 0.6 is 23.5 Å². The van der Waals surface area contributed by atoms with Gasteiger partial charge in [-0.25, -0.2) is 0 Å². The average Bonchev–Trinajstić information content (AvgIpc) is 2.92. The smallest absolute Gasteiger partial charge is 0.257 e. The molecule has 112 valence electrons. The maximum absolute atomic E-state index is 12.3. The van der Waals surface area contributed by atoms with E-state index < -0.39 is 0 Å². The van der Waals surface area contributed by atoms with Gasteiger partial charge in [-0.1, -0.05) is 59.9 Å². The molecule has 1 aliphatic heterocycles. The van der Waals surface area contributed by atoms with Crippen LogP contribution in [-0.2, 0) is 9.59 Å². The summed E-state index contributed by atoms with van der Waals surface area (Å²) in [5, 5.41) is 4.75. The lowest BCUT2D eigenvalue weighted by Gasteiger charge is -2.13. The minimum absolute atomic E-state index is 0.0935. The van der Waals surface area contributed by atoms with Crippen molar-refractivity contribution in [3.8, 4) is 0 Å². The van der Waals surface area contributed by atoms with Crippen molar-refractivity contribution in [3.05, 3.63) is 42.5 Å². The third-order valence-electron chi connectivity index (χ3n) is 3.23. The van der Waals surface area contributed by atoms with Crippen molar-refractivity contribution < 1.29 is 9.59 Å². The molecule has 1 heterocycles. The van der Waals surface area contributed by atoms with Crippen molar-refractivity contribution in [2.24, 2.45) is 4.99 Å². The number of amides is 2. The number of rotatable bonds is 3. The van der Waals surface area contributed by atoms with E-state index in [0.29, 0.717) is 10.1 Å². The van der Waals surface area contributed by atoms with Gasteiger partial charge in [0.15, 0.2) is 0 Å². The van der Waals surface area contributed by atoms with Gasteiger partial charge in [0.25, 0.3) is 5.91 Å². The topological polar surface area (TPSA) is 58.5 Å². The zero-order valence-electron chi connectivity index (χ0n) is 11.9.